The molecular weight excluding hydrogens is 418 g/mol. The van der Waals surface area contributed by atoms with Crippen LogP contribution in [0.1, 0.15) is 35.9 Å². The fourth-order valence-electron chi connectivity index (χ4n) is 4.66. The van der Waals surface area contributed by atoms with Crippen LogP contribution in [0, 0.1) is 10.1 Å². The van der Waals surface area contributed by atoms with Crippen LogP contribution in [0.2, 0.25) is 0 Å². The third-order valence-electron chi connectivity index (χ3n) is 6.31. The number of allylic oxidation sites excluding steroid dienone is 1. The largest absolute Gasteiger partial charge is 0.497 e. The Morgan fingerprint density at radius 3 is 2.42 bits per heavy atom. The minimum atomic E-state index is -0.420. The van der Waals surface area contributed by atoms with Crippen molar-refractivity contribution in [2.24, 2.45) is 0 Å². The van der Waals surface area contributed by atoms with Crippen molar-refractivity contribution in [2.75, 3.05) is 17.7 Å². The molecule has 0 amide bonds. The number of methoxy groups -OCH3 is 1. The second-order valence-electron chi connectivity index (χ2n) is 8.29. The Morgan fingerprint density at radius 2 is 1.70 bits per heavy atom. The van der Waals surface area contributed by atoms with Crippen molar-refractivity contribution in [1.82, 2.24) is 0 Å². The number of hydrogen-bond donors (Lipinski definition) is 2. The van der Waals surface area contributed by atoms with Crippen molar-refractivity contribution in [3.05, 3.63) is 105 Å². The molecule has 3 aromatic rings. The summed E-state index contributed by atoms with van der Waals surface area (Å²) in [6.45, 7) is 0. The van der Waals surface area contributed by atoms with Crippen molar-refractivity contribution < 1.29 is 14.5 Å². The molecule has 3 aromatic carbocycles. The van der Waals surface area contributed by atoms with E-state index in [0.29, 0.717) is 18.4 Å². The number of nitrogens with zero attached hydrogens (tertiary/aromatic N) is 1. The summed E-state index contributed by atoms with van der Waals surface area (Å²) in [6.07, 6.45) is 1.06. The Kier molecular flexibility index (Phi) is 5.30. The molecule has 2 unspecified atom stereocenters. The second-order valence-corrected chi connectivity index (χ2v) is 8.29. The minimum Gasteiger partial charge on any atom is -0.497 e. The molecule has 166 valence electrons. The van der Waals surface area contributed by atoms with Crippen LogP contribution in [0.25, 0.3) is 0 Å². The summed E-state index contributed by atoms with van der Waals surface area (Å²) in [4.78, 5) is 24.2. The number of fused-ring (bicyclic) bond motifs is 1. The lowest BCUT2D eigenvalue weighted by Gasteiger charge is -2.30. The van der Waals surface area contributed by atoms with E-state index >= 15 is 0 Å². The SMILES string of the molecule is COc1cccc(C2CC(=O)C3=C(C2)Nc2ccccc2NC3c2ccc([N+](=O)[O-])cc2)c1. The van der Waals surface area contributed by atoms with Crippen molar-refractivity contribution in [3.63, 3.8) is 0 Å². The van der Waals surface area contributed by atoms with Gasteiger partial charge in [-0.05, 0) is 59.9 Å². The average molecular weight is 441 g/mol. The number of anilines is 2. The van der Waals surface area contributed by atoms with Crippen LogP contribution in [-0.2, 0) is 4.79 Å². The third kappa shape index (κ3) is 3.93. The van der Waals surface area contributed by atoms with Crippen molar-refractivity contribution in [1.29, 1.82) is 0 Å². The Morgan fingerprint density at radius 1 is 0.939 bits per heavy atom. The van der Waals surface area contributed by atoms with Gasteiger partial charge < -0.3 is 15.4 Å². The quantitative estimate of drug-likeness (QED) is 0.405. The molecule has 0 radical (unpaired) electrons. The van der Waals surface area contributed by atoms with Gasteiger partial charge in [-0.2, -0.15) is 0 Å². The molecule has 0 spiro atoms. The van der Waals surface area contributed by atoms with E-state index in [1.54, 1.807) is 19.2 Å². The summed E-state index contributed by atoms with van der Waals surface area (Å²) in [5.41, 5.74) is 5.22. The van der Waals surface area contributed by atoms with E-state index in [0.717, 1.165) is 33.9 Å². The number of ether oxygens (including phenoxy) is 1. The van der Waals surface area contributed by atoms with Crippen LogP contribution in [0.3, 0.4) is 0 Å². The number of hydrogen-bond acceptors (Lipinski definition) is 6. The highest BCUT2D eigenvalue weighted by Crippen LogP contribution is 2.44. The maximum atomic E-state index is 13.6. The number of non-ortho nitro benzene ring substituents is 1. The number of nitro benzene ring substituents is 1. The molecule has 2 atom stereocenters. The van der Waals surface area contributed by atoms with Crippen LogP contribution in [0.5, 0.6) is 5.75 Å². The maximum Gasteiger partial charge on any atom is 0.269 e. The van der Waals surface area contributed by atoms with E-state index in [4.69, 9.17) is 4.74 Å². The lowest BCUT2D eigenvalue weighted by atomic mass is 9.78. The highest BCUT2D eigenvalue weighted by atomic mass is 16.6. The predicted molar refractivity (Wildman–Crippen MR) is 127 cm³/mol. The first-order valence-electron chi connectivity index (χ1n) is 10.8. The van der Waals surface area contributed by atoms with Gasteiger partial charge >= 0.3 is 0 Å². The molecule has 2 aliphatic rings. The number of rotatable bonds is 4. The average Bonchev–Trinajstić information content (AvgIpc) is 3.01. The molecule has 1 aliphatic heterocycles. The fourth-order valence-corrected chi connectivity index (χ4v) is 4.66. The first-order chi connectivity index (χ1) is 16.0. The number of nitro groups is 1. The van der Waals surface area contributed by atoms with Crippen molar-refractivity contribution in [3.8, 4) is 5.75 Å². The van der Waals surface area contributed by atoms with E-state index in [9.17, 15) is 14.9 Å². The minimum absolute atomic E-state index is 0.0214. The summed E-state index contributed by atoms with van der Waals surface area (Å²) < 4.78 is 5.38. The van der Waals surface area contributed by atoms with E-state index < -0.39 is 11.0 Å². The van der Waals surface area contributed by atoms with Gasteiger partial charge in [0, 0.05) is 29.8 Å². The maximum absolute atomic E-state index is 13.6. The van der Waals surface area contributed by atoms with Gasteiger partial charge in [0.1, 0.15) is 5.75 Å². The molecule has 0 saturated carbocycles. The number of para-hydroxylation sites is 2. The van der Waals surface area contributed by atoms with Gasteiger partial charge in [0.15, 0.2) is 5.78 Å². The molecule has 0 fully saturated rings. The predicted octanol–water partition coefficient (Wildman–Crippen LogP) is 5.58. The smallest absolute Gasteiger partial charge is 0.269 e. The van der Waals surface area contributed by atoms with Crippen molar-refractivity contribution in [2.45, 2.75) is 24.8 Å². The van der Waals surface area contributed by atoms with Crippen LogP contribution >= 0.6 is 0 Å². The first kappa shape index (κ1) is 20.8. The molecule has 0 aromatic heterocycles. The molecule has 0 saturated heterocycles. The van der Waals surface area contributed by atoms with Gasteiger partial charge in [-0.25, -0.2) is 0 Å². The van der Waals surface area contributed by atoms with Gasteiger partial charge in [-0.3, -0.25) is 14.9 Å². The first-order valence-corrected chi connectivity index (χ1v) is 10.8. The highest BCUT2D eigenvalue weighted by molar-refractivity contribution is 6.01. The van der Waals surface area contributed by atoms with Gasteiger partial charge in [-0.15, -0.1) is 0 Å². The highest BCUT2D eigenvalue weighted by Gasteiger charge is 2.36. The lowest BCUT2D eigenvalue weighted by Crippen LogP contribution is -2.26. The van der Waals surface area contributed by atoms with E-state index in [2.05, 4.69) is 10.6 Å². The molecule has 1 aliphatic carbocycles. The molecule has 7 heteroatoms. The Labute approximate surface area is 191 Å². The summed E-state index contributed by atoms with van der Waals surface area (Å²) >= 11 is 0. The van der Waals surface area contributed by atoms with Gasteiger partial charge in [0.2, 0.25) is 0 Å². The summed E-state index contributed by atoms with van der Waals surface area (Å²) in [6, 6.07) is 21.7. The van der Waals surface area contributed by atoms with Crippen LogP contribution in [-0.4, -0.2) is 17.8 Å². The van der Waals surface area contributed by atoms with Crippen LogP contribution < -0.4 is 15.4 Å². The number of ketones is 1. The number of carbonyl (C=O) groups is 1. The normalized spacial score (nSPS) is 19.5. The van der Waals surface area contributed by atoms with E-state index in [1.165, 1.54) is 12.1 Å². The Bertz CT molecular complexity index is 1270. The molecule has 1 heterocycles. The molecule has 7 nitrogen and oxygen atoms in total. The molecule has 5 rings (SSSR count). The molecule has 2 N–H and O–H groups in total. The second kappa shape index (κ2) is 8.43. The van der Waals surface area contributed by atoms with Crippen molar-refractivity contribution >= 4 is 22.8 Å². The van der Waals surface area contributed by atoms with Gasteiger partial charge in [0.05, 0.1) is 29.4 Å². The zero-order valence-electron chi connectivity index (χ0n) is 18.1. The zero-order chi connectivity index (χ0) is 22.9. The number of carbonyl (C=O) groups excluding carboxylic acids is 1. The molecular formula is C26H23N3O4. The summed E-state index contributed by atoms with van der Waals surface area (Å²) in [5.74, 6) is 0.853. The third-order valence-corrected chi connectivity index (χ3v) is 6.31. The standard InChI is InChI=1S/C26H23N3O4/c1-33-20-6-4-5-17(13-20)18-14-23-25(24(30)15-18)26(16-9-11-19(12-10-16)29(31)32)28-22-8-3-2-7-21(22)27-23/h2-13,18,26-28H,14-15H2,1H3. The van der Waals surface area contributed by atoms with E-state index in [-0.39, 0.29) is 17.4 Å². The number of Topliss-reactive ketones (excluding diaryl/α,β-unsaturated/α-hetero) is 1. The molecule has 0 bridgehead atoms. The lowest BCUT2D eigenvalue weighted by molar-refractivity contribution is -0.384. The van der Waals surface area contributed by atoms with Gasteiger partial charge in [0.25, 0.3) is 5.69 Å². The zero-order valence-corrected chi connectivity index (χ0v) is 18.1. The molecule has 33 heavy (non-hydrogen) atoms. The Balaban J connectivity index is 1.58. The fraction of sp³-hybridized carbons (Fsp3) is 0.192. The van der Waals surface area contributed by atoms with Crippen LogP contribution in [0.4, 0.5) is 17.1 Å². The monoisotopic (exact) mass is 441 g/mol. The topological polar surface area (TPSA) is 93.5 Å². The number of benzene rings is 3. The summed E-state index contributed by atoms with van der Waals surface area (Å²) in [5, 5.41) is 18.1. The van der Waals surface area contributed by atoms with E-state index in [1.807, 2.05) is 48.5 Å². The van der Waals surface area contributed by atoms with Crippen LogP contribution in [0.15, 0.2) is 84.1 Å². The Hall–Kier alpha value is -4.13. The van der Waals surface area contributed by atoms with Gasteiger partial charge in [-0.1, -0.05) is 24.3 Å². The summed E-state index contributed by atoms with van der Waals surface area (Å²) in [7, 11) is 1.63. The number of nitrogens with one attached hydrogen (secondary N) is 2.